The lowest BCUT2D eigenvalue weighted by molar-refractivity contribution is -0.0105. The Morgan fingerprint density at radius 3 is 2.84 bits per heavy atom. The molecule has 0 radical (unpaired) electrons. The normalized spacial score (nSPS) is 23.7. The van der Waals surface area contributed by atoms with Crippen LogP contribution in [0.3, 0.4) is 0 Å². The Hall–Kier alpha value is -1.17. The van der Waals surface area contributed by atoms with Crippen LogP contribution in [-0.4, -0.2) is 47.1 Å². The highest BCUT2D eigenvalue weighted by molar-refractivity contribution is 5.44. The van der Waals surface area contributed by atoms with Crippen molar-refractivity contribution in [1.82, 2.24) is 4.98 Å². The molecule has 1 aliphatic heterocycles. The van der Waals surface area contributed by atoms with Crippen molar-refractivity contribution in [2.45, 2.75) is 39.0 Å². The van der Waals surface area contributed by atoms with Gasteiger partial charge in [-0.25, -0.2) is 4.98 Å². The maximum Gasteiger partial charge on any atom is 0.129 e. The number of aliphatic hydroxyl groups excluding tert-OH is 2. The van der Waals surface area contributed by atoms with Crippen molar-refractivity contribution in [1.29, 1.82) is 0 Å². The summed E-state index contributed by atoms with van der Waals surface area (Å²) >= 11 is 0. The van der Waals surface area contributed by atoms with Gasteiger partial charge in [0.25, 0.3) is 0 Å². The van der Waals surface area contributed by atoms with Gasteiger partial charge in [0.1, 0.15) is 5.82 Å². The van der Waals surface area contributed by atoms with E-state index in [1.165, 1.54) is 0 Å². The molecule has 2 N–H and O–H groups in total. The van der Waals surface area contributed by atoms with Crippen LogP contribution in [-0.2, 0) is 17.8 Å². The molecule has 0 bridgehead atoms. The second-order valence-electron chi connectivity index (χ2n) is 4.98. The molecule has 106 valence electrons. The van der Waals surface area contributed by atoms with Crippen LogP contribution in [0.5, 0.6) is 0 Å². The Labute approximate surface area is 113 Å². The van der Waals surface area contributed by atoms with Gasteiger partial charge in [0, 0.05) is 12.2 Å². The first-order valence-electron chi connectivity index (χ1n) is 6.77. The van der Waals surface area contributed by atoms with E-state index in [1.54, 1.807) is 0 Å². The second-order valence-corrected chi connectivity index (χ2v) is 4.98. The summed E-state index contributed by atoms with van der Waals surface area (Å²) in [4.78, 5) is 6.76. The molecule has 1 aliphatic rings. The van der Waals surface area contributed by atoms with E-state index in [0.717, 1.165) is 23.5 Å². The number of nitrogens with zero attached hydrogens (tertiary/aromatic N) is 2. The molecule has 1 aromatic rings. The molecule has 5 nitrogen and oxygen atoms in total. The highest BCUT2D eigenvalue weighted by Crippen LogP contribution is 2.22. The van der Waals surface area contributed by atoms with E-state index in [0.29, 0.717) is 13.2 Å². The molecule has 2 unspecified atom stereocenters. The van der Waals surface area contributed by atoms with Gasteiger partial charge < -0.3 is 19.8 Å². The van der Waals surface area contributed by atoms with Crippen LogP contribution < -0.4 is 4.90 Å². The fraction of sp³-hybridized carbons (Fsp3) is 0.643. The third kappa shape index (κ3) is 3.23. The second kappa shape index (κ2) is 6.32. The van der Waals surface area contributed by atoms with E-state index >= 15 is 0 Å². The van der Waals surface area contributed by atoms with E-state index in [9.17, 15) is 10.2 Å². The number of hydrogen-bond acceptors (Lipinski definition) is 5. The number of aryl methyl sites for hydroxylation is 1. The van der Waals surface area contributed by atoms with Crippen LogP contribution in [0, 0.1) is 0 Å². The monoisotopic (exact) mass is 266 g/mol. The number of morpholine rings is 1. The average Bonchev–Trinajstić information content (AvgIpc) is 2.47. The number of aliphatic hydroxyl groups is 2. The summed E-state index contributed by atoms with van der Waals surface area (Å²) in [6.07, 6.45) is 0.670. The molecule has 5 heteroatoms. The molecule has 0 spiro atoms. The number of anilines is 1. The van der Waals surface area contributed by atoms with E-state index in [2.05, 4.69) is 16.8 Å². The van der Waals surface area contributed by atoms with Gasteiger partial charge in [0.05, 0.1) is 32.0 Å². The fourth-order valence-electron chi connectivity index (χ4n) is 2.30. The number of pyridine rings is 1. The van der Waals surface area contributed by atoms with Crippen LogP contribution in [0.4, 0.5) is 5.82 Å². The predicted octanol–water partition coefficient (Wildman–Crippen LogP) is 0.722. The van der Waals surface area contributed by atoms with Gasteiger partial charge in [0.15, 0.2) is 0 Å². The minimum atomic E-state index is -0.166. The number of rotatable bonds is 4. The van der Waals surface area contributed by atoms with Crippen molar-refractivity contribution in [3.05, 3.63) is 23.4 Å². The largest absolute Gasteiger partial charge is 0.394 e. The summed E-state index contributed by atoms with van der Waals surface area (Å²) in [5.41, 5.74) is 1.85. The Morgan fingerprint density at radius 2 is 2.21 bits per heavy atom. The van der Waals surface area contributed by atoms with Crippen molar-refractivity contribution < 1.29 is 14.9 Å². The van der Waals surface area contributed by atoms with Crippen molar-refractivity contribution in [3.63, 3.8) is 0 Å². The molecule has 1 aromatic heterocycles. The fourth-order valence-corrected chi connectivity index (χ4v) is 2.30. The zero-order chi connectivity index (χ0) is 13.8. The molecule has 1 fully saturated rings. The van der Waals surface area contributed by atoms with Gasteiger partial charge in [-0.2, -0.15) is 0 Å². The smallest absolute Gasteiger partial charge is 0.129 e. The summed E-state index contributed by atoms with van der Waals surface area (Å²) in [6.45, 7) is 5.37. The molecule has 1 saturated heterocycles. The Morgan fingerprint density at radius 1 is 1.42 bits per heavy atom. The van der Waals surface area contributed by atoms with Crippen LogP contribution in [0.25, 0.3) is 0 Å². The number of ether oxygens (including phenoxy) is 1. The van der Waals surface area contributed by atoms with Crippen LogP contribution in [0.1, 0.15) is 25.1 Å². The lowest BCUT2D eigenvalue weighted by Crippen LogP contribution is -2.50. The zero-order valence-electron chi connectivity index (χ0n) is 11.5. The highest BCUT2D eigenvalue weighted by Gasteiger charge is 2.26. The Kier molecular flexibility index (Phi) is 4.74. The molecule has 2 heterocycles. The number of aromatic nitrogens is 1. The molecule has 0 saturated carbocycles. The Bertz CT molecular complexity index is 403. The SMILES string of the molecule is CCc1cc(CO)cc(N2CC(CO)OCC2C)n1. The summed E-state index contributed by atoms with van der Waals surface area (Å²) in [7, 11) is 0. The first-order valence-corrected chi connectivity index (χ1v) is 6.77. The minimum Gasteiger partial charge on any atom is -0.394 e. The third-order valence-corrected chi connectivity index (χ3v) is 3.47. The molecule has 0 aliphatic carbocycles. The molecule has 19 heavy (non-hydrogen) atoms. The van der Waals surface area contributed by atoms with Gasteiger partial charge in [-0.1, -0.05) is 6.92 Å². The molecule has 2 atom stereocenters. The third-order valence-electron chi connectivity index (χ3n) is 3.47. The van der Waals surface area contributed by atoms with Crippen molar-refractivity contribution in [2.24, 2.45) is 0 Å². The predicted molar refractivity (Wildman–Crippen MR) is 73.2 cm³/mol. The van der Waals surface area contributed by atoms with Gasteiger partial charge in [-0.15, -0.1) is 0 Å². The van der Waals surface area contributed by atoms with E-state index < -0.39 is 0 Å². The minimum absolute atomic E-state index is 0.0174. The maximum absolute atomic E-state index is 9.33. The van der Waals surface area contributed by atoms with E-state index in [4.69, 9.17) is 4.74 Å². The maximum atomic E-state index is 9.33. The topological polar surface area (TPSA) is 65.8 Å². The van der Waals surface area contributed by atoms with E-state index in [1.807, 2.05) is 19.1 Å². The van der Waals surface area contributed by atoms with Crippen LogP contribution in [0.2, 0.25) is 0 Å². The quantitative estimate of drug-likeness (QED) is 0.841. The van der Waals surface area contributed by atoms with E-state index in [-0.39, 0.29) is 25.4 Å². The Balaban J connectivity index is 2.27. The van der Waals surface area contributed by atoms with Crippen molar-refractivity contribution in [2.75, 3.05) is 24.7 Å². The number of hydrogen-bond donors (Lipinski definition) is 2. The lowest BCUT2D eigenvalue weighted by atomic mass is 10.1. The molecular weight excluding hydrogens is 244 g/mol. The van der Waals surface area contributed by atoms with Crippen molar-refractivity contribution >= 4 is 5.82 Å². The van der Waals surface area contributed by atoms with Gasteiger partial charge in [0.2, 0.25) is 0 Å². The van der Waals surface area contributed by atoms with Crippen molar-refractivity contribution in [3.8, 4) is 0 Å². The average molecular weight is 266 g/mol. The molecular formula is C14H22N2O3. The summed E-state index contributed by atoms with van der Waals surface area (Å²) in [5, 5.41) is 18.6. The van der Waals surface area contributed by atoms with Crippen LogP contribution in [0.15, 0.2) is 12.1 Å². The summed E-state index contributed by atoms with van der Waals surface area (Å²) in [5.74, 6) is 0.859. The first-order chi connectivity index (χ1) is 9.17. The lowest BCUT2D eigenvalue weighted by Gasteiger charge is -2.38. The summed E-state index contributed by atoms with van der Waals surface area (Å²) < 4.78 is 5.54. The first kappa shape index (κ1) is 14.2. The standard InChI is InChI=1S/C14H22N2O3/c1-3-12-4-11(7-17)5-14(15-12)16-6-13(8-18)19-9-10(16)2/h4-5,10,13,17-18H,3,6-9H2,1-2H3. The van der Waals surface area contributed by atoms with Crippen LogP contribution >= 0.6 is 0 Å². The molecule has 0 aromatic carbocycles. The molecule has 0 amide bonds. The van der Waals surface area contributed by atoms with Gasteiger partial charge >= 0.3 is 0 Å². The molecule has 2 rings (SSSR count). The summed E-state index contributed by atoms with van der Waals surface area (Å²) in [6, 6.07) is 4.06. The van der Waals surface area contributed by atoms with Gasteiger partial charge in [-0.3, -0.25) is 0 Å². The highest BCUT2D eigenvalue weighted by atomic mass is 16.5. The van der Waals surface area contributed by atoms with Gasteiger partial charge in [-0.05, 0) is 31.0 Å². The zero-order valence-corrected chi connectivity index (χ0v) is 11.5.